The first-order valence-corrected chi connectivity index (χ1v) is 11.8. The highest BCUT2D eigenvalue weighted by atomic mass is 16.1. The molecule has 0 aliphatic heterocycles. The van der Waals surface area contributed by atoms with Gasteiger partial charge >= 0.3 is 0 Å². The smallest absolute Gasteiger partial charge is 0.244 e. The van der Waals surface area contributed by atoms with Crippen LogP contribution in [0.2, 0.25) is 0 Å². The second-order valence-corrected chi connectivity index (χ2v) is 8.83. The zero-order chi connectivity index (χ0) is 23.8. The van der Waals surface area contributed by atoms with Gasteiger partial charge in [-0.15, -0.1) is 0 Å². The Balaban J connectivity index is 1.28. The topological polar surface area (TPSA) is 61.0 Å². The normalized spacial score (nSPS) is 11.6. The van der Waals surface area contributed by atoms with E-state index in [0.717, 1.165) is 30.6 Å². The molecular formula is C29H32N4O. The fourth-order valence-electron chi connectivity index (χ4n) is 4.01. The van der Waals surface area contributed by atoms with Crippen LogP contribution in [0.25, 0.3) is 17.0 Å². The number of H-pyrrole nitrogens is 1. The van der Waals surface area contributed by atoms with Gasteiger partial charge in [0.15, 0.2) is 0 Å². The zero-order valence-electron chi connectivity index (χ0n) is 19.9. The number of carbonyl (C=O) groups excluding carboxylic acids is 1. The van der Waals surface area contributed by atoms with Crippen molar-refractivity contribution in [1.82, 2.24) is 20.2 Å². The molecule has 2 N–H and O–H groups in total. The second-order valence-electron chi connectivity index (χ2n) is 8.83. The van der Waals surface area contributed by atoms with Crippen molar-refractivity contribution in [3.8, 4) is 0 Å². The van der Waals surface area contributed by atoms with Gasteiger partial charge in [-0.25, -0.2) is 0 Å². The number of pyridine rings is 1. The number of aromatic nitrogens is 2. The molecule has 1 amide bonds. The third-order valence-corrected chi connectivity index (χ3v) is 6.06. The Bertz CT molecular complexity index is 1230. The number of aromatic amines is 1. The molecule has 4 rings (SSSR count). The largest absolute Gasteiger partial charge is 0.361 e. The van der Waals surface area contributed by atoms with Gasteiger partial charge in [0, 0.05) is 61.2 Å². The highest BCUT2D eigenvalue weighted by Gasteiger charge is 2.12. The average Bonchev–Trinajstić information content (AvgIpc) is 3.28. The fourth-order valence-corrected chi connectivity index (χ4v) is 4.01. The maximum atomic E-state index is 12.1. The van der Waals surface area contributed by atoms with E-state index >= 15 is 0 Å². The summed E-state index contributed by atoms with van der Waals surface area (Å²) in [6.45, 7) is 6.91. The van der Waals surface area contributed by atoms with Crippen LogP contribution in [0.15, 0.2) is 85.3 Å². The number of nitrogens with one attached hydrogen (secondary N) is 2. The maximum absolute atomic E-state index is 12.1. The SMILES string of the molecule is CC(C)N(CCc1c[nH]c2ccccc12)Cc1ccc(CNC(=O)/C=C/c2cccnc2)cc1. The van der Waals surface area contributed by atoms with E-state index < -0.39 is 0 Å². The summed E-state index contributed by atoms with van der Waals surface area (Å²) in [4.78, 5) is 22.0. The van der Waals surface area contributed by atoms with E-state index in [1.165, 1.54) is 22.0 Å². The van der Waals surface area contributed by atoms with Crippen molar-refractivity contribution in [3.63, 3.8) is 0 Å². The summed E-state index contributed by atoms with van der Waals surface area (Å²) >= 11 is 0. The van der Waals surface area contributed by atoms with E-state index in [4.69, 9.17) is 0 Å². The molecule has 0 saturated heterocycles. The van der Waals surface area contributed by atoms with Crippen LogP contribution < -0.4 is 5.32 Å². The van der Waals surface area contributed by atoms with Crippen molar-refractivity contribution in [1.29, 1.82) is 0 Å². The van der Waals surface area contributed by atoms with Gasteiger partial charge in [-0.05, 0) is 60.7 Å². The molecule has 2 aromatic heterocycles. The molecule has 34 heavy (non-hydrogen) atoms. The third kappa shape index (κ3) is 6.42. The summed E-state index contributed by atoms with van der Waals surface area (Å²) in [7, 11) is 0. The number of benzene rings is 2. The molecule has 5 nitrogen and oxygen atoms in total. The van der Waals surface area contributed by atoms with Gasteiger partial charge in [0.2, 0.25) is 5.91 Å². The van der Waals surface area contributed by atoms with Crippen LogP contribution in [0.5, 0.6) is 0 Å². The van der Waals surface area contributed by atoms with Gasteiger partial charge in [-0.1, -0.05) is 48.5 Å². The Kier molecular flexibility index (Phi) is 7.89. The second kappa shape index (κ2) is 11.4. The molecule has 2 aromatic carbocycles. The first-order chi connectivity index (χ1) is 16.6. The number of fused-ring (bicyclic) bond motifs is 1. The van der Waals surface area contributed by atoms with Crippen LogP contribution in [0.1, 0.15) is 36.1 Å². The van der Waals surface area contributed by atoms with Gasteiger partial charge in [0.1, 0.15) is 0 Å². The van der Waals surface area contributed by atoms with Gasteiger partial charge in [0.05, 0.1) is 0 Å². The standard InChI is InChI=1S/C29H32N4O/c1-22(2)33(17-15-26-20-31-28-8-4-3-7-27(26)28)21-25-11-9-24(10-12-25)19-32-29(34)14-13-23-6-5-16-30-18-23/h3-14,16,18,20,22,31H,15,17,19,21H2,1-2H3,(H,32,34)/b14-13+. The molecule has 0 spiro atoms. The number of hydrogen-bond acceptors (Lipinski definition) is 3. The van der Waals surface area contributed by atoms with Gasteiger partial charge in [0.25, 0.3) is 0 Å². The molecule has 0 saturated carbocycles. The summed E-state index contributed by atoms with van der Waals surface area (Å²) in [6.07, 6.45) is 9.90. The lowest BCUT2D eigenvalue weighted by Gasteiger charge is -2.26. The van der Waals surface area contributed by atoms with Gasteiger partial charge in [-0.2, -0.15) is 0 Å². The zero-order valence-corrected chi connectivity index (χ0v) is 19.9. The van der Waals surface area contributed by atoms with Crippen LogP contribution >= 0.6 is 0 Å². The summed E-state index contributed by atoms with van der Waals surface area (Å²) in [5, 5.41) is 4.25. The Labute approximate surface area is 201 Å². The molecule has 0 bridgehead atoms. The number of nitrogens with zero attached hydrogens (tertiary/aromatic N) is 2. The molecule has 0 atom stereocenters. The predicted molar refractivity (Wildman–Crippen MR) is 139 cm³/mol. The van der Waals surface area contributed by atoms with E-state index in [0.29, 0.717) is 12.6 Å². The van der Waals surface area contributed by atoms with Crippen LogP contribution in [-0.2, 0) is 24.3 Å². The van der Waals surface area contributed by atoms with Crippen molar-refractivity contribution in [2.45, 2.75) is 39.4 Å². The first kappa shape index (κ1) is 23.5. The monoisotopic (exact) mass is 452 g/mol. The number of carbonyl (C=O) groups is 1. The van der Waals surface area contributed by atoms with Crippen molar-refractivity contribution < 1.29 is 4.79 Å². The van der Waals surface area contributed by atoms with Crippen LogP contribution in [0, 0.1) is 0 Å². The molecule has 0 aliphatic carbocycles. The Morgan fingerprint density at radius 1 is 1.06 bits per heavy atom. The molecule has 0 aliphatic rings. The Hall–Kier alpha value is -3.70. The minimum Gasteiger partial charge on any atom is -0.361 e. The quantitative estimate of drug-likeness (QED) is 0.319. The van der Waals surface area contributed by atoms with Crippen LogP contribution in [-0.4, -0.2) is 33.4 Å². The minimum atomic E-state index is -0.115. The highest BCUT2D eigenvalue weighted by Crippen LogP contribution is 2.19. The number of amides is 1. The average molecular weight is 453 g/mol. The lowest BCUT2D eigenvalue weighted by molar-refractivity contribution is -0.116. The van der Waals surface area contributed by atoms with Gasteiger partial charge in [-0.3, -0.25) is 14.7 Å². The Morgan fingerprint density at radius 2 is 1.85 bits per heavy atom. The number of para-hydroxylation sites is 1. The molecule has 2 heterocycles. The van der Waals surface area contributed by atoms with Crippen molar-refractivity contribution in [3.05, 3.63) is 108 Å². The summed E-state index contributed by atoms with van der Waals surface area (Å²) in [5.41, 5.74) is 5.83. The lowest BCUT2D eigenvalue weighted by atomic mass is 10.1. The summed E-state index contributed by atoms with van der Waals surface area (Å²) in [5.74, 6) is -0.115. The van der Waals surface area contributed by atoms with E-state index in [1.54, 1.807) is 24.5 Å². The van der Waals surface area contributed by atoms with E-state index in [-0.39, 0.29) is 5.91 Å². The van der Waals surface area contributed by atoms with Crippen molar-refractivity contribution in [2.24, 2.45) is 0 Å². The molecule has 5 heteroatoms. The first-order valence-electron chi connectivity index (χ1n) is 11.8. The third-order valence-electron chi connectivity index (χ3n) is 6.06. The van der Waals surface area contributed by atoms with Crippen LogP contribution in [0.4, 0.5) is 0 Å². The highest BCUT2D eigenvalue weighted by molar-refractivity contribution is 5.91. The molecule has 0 radical (unpaired) electrons. The molecule has 0 unspecified atom stereocenters. The maximum Gasteiger partial charge on any atom is 0.244 e. The molecule has 174 valence electrons. The number of hydrogen-bond donors (Lipinski definition) is 2. The predicted octanol–water partition coefficient (Wildman–Crippen LogP) is 5.35. The molecular weight excluding hydrogens is 420 g/mol. The fraction of sp³-hybridized carbons (Fsp3) is 0.241. The van der Waals surface area contributed by atoms with Crippen LogP contribution in [0.3, 0.4) is 0 Å². The molecule has 4 aromatic rings. The van der Waals surface area contributed by atoms with E-state index in [1.807, 2.05) is 12.1 Å². The van der Waals surface area contributed by atoms with Gasteiger partial charge < -0.3 is 10.3 Å². The summed E-state index contributed by atoms with van der Waals surface area (Å²) in [6, 6.07) is 21.2. The lowest BCUT2D eigenvalue weighted by Crippen LogP contribution is -2.32. The summed E-state index contributed by atoms with van der Waals surface area (Å²) < 4.78 is 0. The van der Waals surface area contributed by atoms with Crippen molar-refractivity contribution >= 4 is 22.9 Å². The van der Waals surface area contributed by atoms with E-state index in [9.17, 15) is 4.79 Å². The number of rotatable bonds is 10. The Morgan fingerprint density at radius 3 is 2.62 bits per heavy atom. The minimum absolute atomic E-state index is 0.115. The van der Waals surface area contributed by atoms with E-state index in [2.05, 4.69) is 88.8 Å². The molecule has 0 fully saturated rings. The van der Waals surface area contributed by atoms with Crippen molar-refractivity contribution in [2.75, 3.05) is 6.54 Å².